The zero-order chi connectivity index (χ0) is 14.5. The molecular formula is C19H32. The van der Waals surface area contributed by atoms with Gasteiger partial charge in [0.2, 0.25) is 0 Å². The van der Waals surface area contributed by atoms with E-state index < -0.39 is 0 Å². The molecule has 108 valence electrons. The monoisotopic (exact) mass is 260 g/mol. The Morgan fingerprint density at radius 2 is 1.63 bits per heavy atom. The topological polar surface area (TPSA) is 0 Å². The van der Waals surface area contributed by atoms with Crippen LogP contribution >= 0.6 is 0 Å². The Hall–Kier alpha value is -1.04. The van der Waals surface area contributed by atoms with Crippen LogP contribution in [-0.4, -0.2) is 0 Å². The molecule has 0 spiro atoms. The second-order valence-electron chi connectivity index (χ2n) is 5.40. The van der Waals surface area contributed by atoms with E-state index in [4.69, 9.17) is 0 Å². The van der Waals surface area contributed by atoms with E-state index in [0.29, 0.717) is 5.92 Å². The lowest BCUT2D eigenvalue weighted by molar-refractivity contribution is 0.566. The molecule has 0 aromatic rings. The molecule has 0 heterocycles. The Bertz CT molecular complexity index is 293. The predicted octanol–water partition coefficient (Wildman–Crippen LogP) is 6.62. The molecule has 0 aromatic heterocycles. The molecule has 0 radical (unpaired) electrons. The number of allylic oxidation sites excluding steroid dienone is 5. The van der Waals surface area contributed by atoms with Crippen LogP contribution in [0.15, 0.2) is 49.1 Å². The molecule has 0 rings (SSSR count). The third-order valence-electron chi connectivity index (χ3n) is 3.63. The fraction of sp³-hybridized carbons (Fsp3) is 0.579. The van der Waals surface area contributed by atoms with Gasteiger partial charge in [-0.25, -0.2) is 0 Å². The van der Waals surface area contributed by atoms with Gasteiger partial charge in [-0.1, -0.05) is 43.2 Å². The highest BCUT2D eigenvalue weighted by molar-refractivity contribution is 5.15. The van der Waals surface area contributed by atoms with Gasteiger partial charge >= 0.3 is 0 Å². The van der Waals surface area contributed by atoms with E-state index in [-0.39, 0.29) is 0 Å². The summed E-state index contributed by atoms with van der Waals surface area (Å²) >= 11 is 0. The molecule has 0 aliphatic carbocycles. The van der Waals surface area contributed by atoms with Gasteiger partial charge in [-0.15, -0.1) is 19.7 Å². The minimum absolute atomic E-state index is 0.707. The number of hydrogen-bond donors (Lipinski definition) is 0. The van der Waals surface area contributed by atoms with E-state index in [2.05, 4.69) is 33.6 Å². The fourth-order valence-electron chi connectivity index (χ4n) is 2.55. The van der Waals surface area contributed by atoms with Crippen molar-refractivity contribution in [2.24, 2.45) is 5.92 Å². The van der Waals surface area contributed by atoms with Crippen molar-refractivity contribution < 1.29 is 0 Å². The molecule has 0 aliphatic heterocycles. The zero-order valence-corrected chi connectivity index (χ0v) is 13.1. The Labute approximate surface area is 121 Å². The van der Waals surface area contributed by atoms with Crippen LogP contribution < -0.4 is 0 Å². The number of hydrogen-bond acceptors (Lipinski definition) is 0. The van der Waals surface area contributed by atoms with Gasteiger partial charge in [0.25, 0.3) is 0 Å². The van der Waals surface area contributed by atoms with E-state index in [1.54, 1.807) is 11.1 Å². The standard InChI is InChI=1S/C19H32/c1-6-10-12-15-18(9-4)19(14-11-7-2)16-17(5)13-8-3/h6-8,17H,1-3,9-16H2,4-5H3. The fourth-order valence-corrected chi connectivity index (χ4v) is 2.55. The molecule has 0 fully saturated rings. The number of unbranched alkanes of at least 4 members (excludes halogenated alkanes) is 1. The number of rotatable bonds is 12. The summed E-state index contributed by atoms with van der Waals surface area (Å²) in [6.45, 7) is 16.1. The summed E-state index contributed by atoms with van der Waals surface area (Å²) < 4.78 is 0. The Morgan fingerprint density at radius 3 is 2.16 bits per heavy atom. The molecule has 19 heavy (non-hydrogen) atoms. The quantitative estimate of drug-likeness (QED) is 0.273. The maximum atomic E-state index is 3.86. The maximum Gasteiger partial charge on any atom is -0.0283 e. The van der Waals surface area contributed by atoms with Gasteiger partial charge < -0.3 is 0 Å². The molecule has 0 aromatic carbocycles. The summed E-state index contributed by atoms with van der Waals surface area (Å²) in [7, 11) is 0. The van der Waals surface area contributed by atoms with Gasteiger partial charge in [0.15, 0.2) is 0 Å². The predicted molar refractivity (Wildman–Crippen MR) is 89.4 cm³/mol. The average molecular weight is 260 g/mol. The molecular weight excluding hydrogens is 228 g/mol. The van der Waals surface area contributed by atoms with Crippen molar-refractivity contribution >= 4 is 0 Å². The first-order chi connectivity index (χ1) is 9.19. The van der Waals surface area contributed by atoms with Crippen LogP contribution in [0, 0.1) is 5.92 Å². The van der Waals surface area contributed by atoms with Crippen LogP contribution in [0.1, 0.15) is 65.2 Å². The molecule has 0 N–H and O–H groups in total. The SMILES string of the molecule is C=CCCCC(CC)=C(CCC=C)CC(C)CC=C. The van der Waals surface area contributed by atoms with Crippen LogP contribution in [-0.2, 0) is 0 Å². The highest BCUT2D eigenvalue weighted by Gasteiger charge is 2.09. The minimum Gasteiger partial charge on any atom is -0.103 e. The van der Waals surface area contributed by atoms with Crippen molar-refractivity contribution in [1.82, 2.24) is 0 Å². The van der Waals surface area contributed by atoms with Crippen LogP contribution in [0.5, 0.6) is 0 Å². The summed E-state index contributed by atoms with van der Waals surface area (Å²) in [5.74, 6) is 0.707. The van der Waals surface area contributed by atoms with Gasteiger partial charge in [0.05, 0.1) is 0 Å². The lowest BCUT2D eigenvalue weighted by Gasteiger charge is -2.17. The summed E-state index contributed by atoms with van der Waals surface area (Å²) in [6.07, 6.45) is 15.5. The van der Waals surface area contributed by atoms with Gasteiger partial charge in [-0.05, 0) is 57.3 Å². The lowest BCUT2D eigenvalue weighted by Crippen LogP contribution is -2.00. The van der Waals surface area contributed by atoms with E-state index in [0.717, 1.165) is 19.3 Å². The average Bonchev–Trinajstić information content (AvgIpc) is 2.40. The molecule has 0 saturated carbocycles. The molecule has 1 atom stereocenters. The molecule has 0 amide bonds. The van der Waals surface area contributed by atoms with Crippen molar-refractivity contribution in [3.8, 4) is 0 Å². The molecule has 0 heteroatoms. The smallest absolute Gasteiger partial charge is 0.0283 e. The first-order valence-corrected chi connectivity index (χ1v) is 7.71. The summed E-state index contributed by atoms with van der Waals surface area (Å²) in [6, 6.07) is 0. The van der Waals surface area contributed by atoms with Crippen molar-refractivity contribution in [2.75, 3.05) is 0 Å². The van der Waals surface area contributed by atoms with Crippen molar-refractivity contribution in [3.05, 3.63) is 49.1 Å². The van der Waals surface area contributed by atoms with Crippen molar-refractivity contribution in [3.63, 3.8) is 0 Å². The van der Waals surface area contributed by atoms with E-state index in [1.807, 2.05) is 18.2 Å². The summed E-state index contributed by atoms with van der Waals surface area (Å²) in [5, 5.41) is 0. The second-order valence-corrected chi connectivity index (χ2v) is 5.40. The maximum absolute atomic E-state index is 3.86. The molecule has 0 saturated heterocycles. The Kier molecular flexibility index (Phi) is 11.4. The van der Waals surface area contributed by atoms with Crippen LogP contribution in [0.4, 0.5) is 0 Å². The first-order valence-electron chi connectivity index (χ1n) is 7.71. The molecule has 0 nitrogen and oxygen atoms in total. The largest absolute Gasteiger partial charge is 0.103 e. The van der Waals surface area contributed by atoms with E-state index >= 15 is 0 Å². The van der Waals surface area contributed by atoms with Crippen LogP contribution in [0.25, 0.3) is 0 Å². The van der Waals surface area contributed by atoms with Gasteiger partial charge in [-0.2, -0.15) is 0 Å². The van der Waals surface area contributed by atoms with Gasteiger partial charge in [-0.3, -0.25) is 0 Å². The molecule has 0 aliphatic rings. The van der Waals surface area contributed by atoms with Gasteiger partial charge in [0.1, 0.15) is 0 Å². The summed E-state index contributed by atoms with van der Waals surface area (Å²) in [5.41, 5.74) is 3.33. The third kappa shape index (κ3) is 8.64. The molecule has 0 bridgehead atoms. The minimum atomic E-state index is 0.707. The normalized spacial score (nSPS) is 13.6. The highest BCUT2D eigenvalue weighted by Crippen LogP contribution is 2.27. The van der Waals surface area contributed by atoms with Gasteiger partial charge in [0, 0.05) is 0 Å². The van der Waals surface area contributed by atoms with E-state index in [1.165, 1.54) is 32.1 Å². The highest BCUT2D eigenvalue weighted by atomic mass is 14.1. The zero-order valence-electron chi connectivity index (χ0n) is 13.1. The van der Waals surface area contributed by atoms with Crippen LogP contribution in [0.3, 0.4) is 0 Å². The van der Waals surface area contributed by atoms with E-state index in [9.17, 15) is 0 Å². The Morgan fingerprint density at radius 1 is 0.947 bits per heavy atom. The van der Waals surface area contributed by atoms with Crippen molar-refractivity contribution in [1.29, 1.82) is 0 Å². The second kappa shape index (κ2) is 12.0. The summed E-state index contributed by atoms with van der Waals surface area (Å²) in [4.78, 5) is 0. The molecule has 1 unspecified atom stereocenters. The van der Waals surface area contributed by atoms with Crippen molar-refractivity contribution in [2.45, 2.75) is 65.2 Å². The lowest BCUT2D eigenvalue weighted by atomic mass is 9.89. The Balaban J connectivity index is 4.73. The first kappa shape index (κ1) is 18.0. The third-order valence-corrected chi connectivity index (χ3v) is 3.63. The van der Waals surface area contributed by atoms with Crippen LogP contribution in [0.2, 0.25) is 0 Å².